The van der Waals surface area contributed by atoms with Gasteiger partial charge in [0.25, 0.3) is 0 Å². The molecule has 0 atom stereocenters. The van der Waals surface area contributed by atoms with Gasteiger partial charge in [-0.2, -0.15) is 0 Å². The molecule has 1 amide bonds. The molecule has 0 aromatic heterocycles. The van der Waals surface area contributed by atoms with Gasteiger partial charge in [-0.3, -0.25) is 4.79 Å². The predicted octanol–water partition coefficient (Wildman–Crippen LogP) is 4.16. The zero-order chi connectivity index (χ0) is 21.6. The molecule has 1 saturated heterocycles. The SMILES string of the molecule is CCCCS(=O)(=O)N1CCC(C(=O)NCC2(c3cccc(C)c3)CCCCC2)CC1. The van der Waals surface area contributed by atoms with Crippen LogP contribution in [-0.4, -0.2) is 44.0 Å². The monoisotopic (exact) mass is 434 g/mol. The van der Waals surface area contributed by atoms with Crippen molar-refractivity contribution in [2.45, 2.75) is 77.0 Å². The number of sulfonamides is 1. The molecule has 5 nitrogen and oxygen atoms in total. The van der Waals surface area contributed by atoms with Gasteiger partial charge in [-0.05, 0) is 44.6 Å². The van der Waals surface area contributed by atoms with Gasteiger partial charge in [0.05, 0.1) is 5.75 Å². The second kappa shape index (κ2) is 10.3. The number of aryl methyl sites for hydroxylation is 1. The second-order valence-electron chi connectivity index (χ2n) is 9.27. The van der Waals surface area contributed by atoms with Gasteiger partial charge in [0.1, 0.15) is 0 Å². The Hall–Kier alpha value is -1.40. The fourth-order valence-electron chi connectivity index (χ4n) is 5.02. The first-order valence-electron chi connectivity index (χ1n) is 11.7. The highest BCUT2D eigenvalue weighted by atomic mass is 32.2. The maximum atomic E-state index is 12.9. The van der Waals surface area contributed by atoms with Gasteiger partial charge in [-0.15, -0.1) is 0 Å². The number of carbonyl (C=O) groups excluding carboxylic acids is 1. The van der Waals surface area contributed by atoms with Crippen LogP contribution in [0.1, 0.15) is 75.8 Å². The Bertz CT molecular complexity index is 807. The van der Waals surface area contributed by atoms with Crippen molar-refractivity contribution in [1.82, 2.24) is 9.62 Å². The molecule has 2 fully saturated rings. The average Bonchev–Trinajstić information content (AvgIpc) is 2.77. The quantitative estimate of drug-likeness (QED) is 0.668. The van der Waals surface area contributed by atoms with E-state index in [0.717, 1.165) is 19.3 Å². The van der Waals surface area contributed by atoms with Crippen molar-refractivity contribution in [2.24, 2.45) is 5.92 Å². The molecule has 0 bridgehead atoms. The second-order valence-corrected chi connectivity index (χ2v) is 11.4. The molecular formula is C24H38N2O3S. The Morgan fingerprint density at radius 1 is 1.17 bits per heavy atom. The molecule has 1 saturated carbocycles. The molecule has 1 aliphatic heterocycles. The smallest absolute Gasteiger partial charge is 0.223 e. The Morgan fingerprint density at radius 2 is 1.87 bits per heavy atom. The molecule has 1 heterocycles. The molecule has 6 heteroatoms. The number of rotatable bonds is 8. The first kappa shape index (κ1) is 23.3. The van der Waals surface area contributed by atoms with E-state index >= 15 is 0 Å². The lowest BCUT2D eigenvalue weighted by Crippen LogP contribution is -2.47. The van der Waals surface area contributed by atoms with Crippen molar-refractivity contribution in [3.63, 3.8) is 0 Å². The summed E-state index contributed by atoms with van der Waals surface area (Å²) in [6.45, 7) is 5.74. The Balaban J connectivity index is 1.58. The van der Waals surface area contributed by atoms with Gasteiger partial charge < -0.3 is 5.32 Å². The van der Waals surface area contributed by atoms with E-state index in [1.165, 1.54) is 30.4 Å². The molecule has 168 valence electrons. The van der Waals surface area contributed by atoms with Gasteiger partial charge in [-0.1, -0.05) is 62.4 Å². The number of benzene rings is 1. The molecule has 3 rings (SSSR count). The highest BCUT2D eigenvalue weighted by molar-refractivity contribution is 7.89. The summed E-state index contributed by atoms with van der Waals surface area (Å²) in [7, 11) is -3.17. The maximum absolute atomic E-state index is 12.9. The number of carbonyl (C=O) groups is 1. The maximum Gasteiger partial charge on any atom is 0.223 e. The minimum absolute atomic E-state index is 0.0319. The molecule has 0 radical (unpaired) electrons. The highest BCUT2D eigenvalue weighted by Crippen LogP contribution is 2.39. The number of unbranched alkanes of at least 4 members (excludes halogenated alkanes) is 1. The minimum Gasteiger partial charge on any atom is -0.355 e. The van der Waals surface area contributed by atoms with Crippen LogP contribution in [0.4, 0.5) is 0 Å². The molecule has 1 aliphatic carbocycles. The first-order valence-corrected chi connectivity index (χ1v) is 13.3. The predicted molar refractivity (Wildman–Crippen MR) is 122 cm³/mol. The topological polar surface area (TPSA) is 66.5 Å². The number of hydrogen-bond donors (Lipinski definition) is 1. The van der Waals surface area contributed by atoms with E-state index in [4.69, 9.17) is 0 Å². The fraction of sp³-hybridized carbons (Fsp3) is 0.708. The van der Waals surface area contributed by atoms with E-state index in [1.54, 1.807) is 4.31 Å². The van der Waals surface area contributed by atoms with Crippen LogP contribution in [0.25, 0.3) is 0 Å². The summed E-state index contributed by atoms with van der Waals surface area (Å²) >= 11 is 0. The lowest BCUT2D eigenvalue weighted by atomic mass is 9.69. The third kappa shape index (κ3) is 5.64. The van der Waals surface area contributed by atoms with Gasteiger partial charge in [-0.25, -0.2) is 12.7 Å². The van der Waals surface area contributed by atoms with Crippen LogP contribution in [0.2, 0.25) is 0 Å². The zero-order valence-electron chi connectivity index (χ0n) is 18.7. The number of piperidine rings is 1. The zero-order valence-corrected chi connectivity index (χ0v) is 19.5. The van der Waals surface area contributed by atoms with Gasteiger partial charge in [0.15, 0.2) is 0 Å². The summed E-state index contributed by atoms with van der Waals surface area (Å²) < 4.78 is 26.4. The number of amides is 1. The van der Waals surface area contributed by atoms with Gasteiger partial charge in [0.2, 0.25) is 15.9 Å². The van der Waals surface area contributed by atoms with E-state index in [2.05, 4.69) is 36.5 Å². The third-order valence-corrected chi connectivity index (χ3v) is 8.97. The van der Waals surface area contributed by atoms with Crippen LogP contribution in [0.5, 0.6) is 0 Å². The summed E-state index contributed by atoms with van der Waals surface area (Å²) in [5.41, 5.74) is 2.64. The third-order valence-electron chi connectivity index (χ3n) is 7.02. The van der Waals surface area contributed by atoms with Crippen LogP contribution in [0.15, 0.2) is 24.3 Å². The van der Waals surface area contributed by atoms with Crippen molar-refractivity contribution in [2.75, 3.05) is 25.4 Å². The van der Waals surface area contributed by atoms with Crippen molar-refractivity contribution >= 4 is 15.9 Å². The summed E-state index contributed by atoms with van der Waals surface area (Å²) in [4.78, 5) is 12.9. The van der Waals surface area contributed by atoms with Gasteiger partial charge >= 0.3 is 0 Å². The molecule has 2 aliphatic rings. The number of hydrogen-bond acceptors (Lipinski definition) is 3. The Labute approximate surface area is 182 Å². The molecule has 0 unspecified atom stereocenters. The number of nitrogens with one attached hydrogen (secondary N) is 1. The Morgan fingerprint density at radius 3 is 2.50 bits per heavy atom. The number of nitrogens with zero attached hydrogens (tertiary/aromatic N) is 1. The molecule has 1 aromatic rings. The van der Waals surface area contributed by atoms with E-state index in [9.17, 15) is 13.2 Å². The van der Waals surface area contributed by atoms with E-state index < -0.39 is 10.0 Å². The summed E-state index contributed by atoms with van der Waals surface area (Å²) in [5, 5.41) is 3.26. The lowest BCUT2D eigenvalue weighted by molar-refractivity contribution is -0.126. The first-order chi connectivity index (χ1) is 14.4. The van der Waals surface area contributed by atoms with E-state index in [1.807, 2.05) is 6.92 Å². The molecular weight excluding hydrogens is 396 g/mol. The molecule has 30 heavy (non-hydrogen) atoms. The van der Waals surface area contributed by atoms with Crippen molar-refractivity contribution in [3.8, 4) is 0 Å². The molecule has 1 N–H and O–H groups in total. The average molecular weight is 435 g/mol. The Kier molecular flexibility index (Phi) is 7.97. The van der Waals surface area contributed by atoms with Gasteiger partial charge in [0, 0.05) is 31.0 Å². The lowest BCUT2D eigenvalue weighted by Gasteiger charge is -2.39. The summed E-state index contributed by atoms with van der Waals surface area (Å²) in [6, 6.07) is 8.74. The standard InChI is InChI=1S/C24H38N2O3S/c1-3-4-17-30(28,29)26-15-11-21(12-16-26)23(27)25-19-24(13-6-5-7-14-24)22-10-8-9-20(2)18-22/h8-10,18,21H,3-7,11-17,19H2,1-2H3,(H,25,27). The van der Waals surface area contributed by atoms with E-state index in [-0.39, 0.29) is 23.0 Å². The van der Waals surface area contributed by atoms with Crippen molar-refractivity contribution < 1.29 is 13.2 Å². The van der Waals surface area contributed by atoms with E-state index in [0.29, 0.717) is 38.9 Å². The summed E-state index contributed by atoms with van der Waals surface area (Å²) in [6.07, 6.45) is 8.73. The largest absolute Gasteiger partial charge is 0.355 e. The fourth-order valence-corrected chi connectivity index (χ4v) is 6.70. The van der Waals surface area contributed by atoms with Crippen LogP contribution in [0.3, 0.4) is 0 Å². The van der Waals surface area contributed by atoms with Crippen LogP contribution in [0, 0.1) is 12.8 Å². The molecule has 1 aromatic carbocycles. The van der Waals surface area contributed by atoms with Crippen molar-refractivity contribution in [1.29, 1.82) is 0 Å². The normalized spacial score (nSPS) is 20.7. The van der Waals surface area contributed by atoms with Crippen LogP contribution < -0.4 is 5.32 Å². The minimum atomic E-state index is -3.17. The highest BCUT2D eigenvalue weighted by Gasteiger charge is 2.36. The van der Waals surface area contributed by atoms with Crippen LogP contribution >= 0.6 is 0 Å². The molecule has 0 spiro atoms. The van der Waals surface area contributed by atoms with Crippen molar-refractivity contribution in [3.05, 3.63) is 35.4 Å². The van der Waals surface area contributed by atoms with Crippen LogP contribution in [-0.2, 0) is 20.2 Å². The summed E-state index contributed by atoms with van der Waals surface area (Å²) in [5.74, 6) is 0.235.